The topological polar surface area (TPSA) is 66.5 Å². The molecule has 2 aromatic rings. The Hall–Kier alpha value is -1.70. The minimum absolute atomic E-state index is 0.0736. The van der Waals surface area contributed by atoms with Crippen molar-refractivity contribution in [3.05, 3.63) is 52.9 Å². The number of nitrogens with zero attached hydrogens (tertiary/aromatic N) is 1. The quantitative estimate of drug-likeness (QED) is 0.887. The highest BCUT2D eigenvalue weighted by molar-refractivity contribution is 7.91. The molecule has 1 aromatic carbocycles. The van der Waals surface area contributed by atoms with Crippen molar-refractivity contribution in [3.8, 4) is 0 Å². The van der Waals surface area contributed by atoms with Crippen molar-refractivity contribution >= 4 is 27.3 Å². The summed E-state index contributed by atoms with van der Waals surface area (Å²) in [5, 5.41) is 1.63. The summed E-state index contributed by atoms with van der Waals surface area (Å²) in [4.78, 5) is 14.2. The van der Waals surface area contributed by atoms with Gasteiger partial charge in [-0.1, -0.05) is 30.3 Å². The Morgan fingerprint density at radius 3 is 2.54 bits per heavy atom. The van der Waals surface area contributed by atoms with E-state index in [2.05, 4.69) is 4.72 Å². The van der Waals surface area contributed by atoms with E-state index in [0.717, 1.165) is 49.3 Å². The average Bonchev–Trinajstić information content (AvgIpc) is 3.12. The number of piperidine rings is 1. The first-order valence-electron chi connectivity index (χ1n) is 7.98. The summed E-state index contributed by atoms with van der Waals surface area (Å²) in [5.41, 5.74) is 1.35. The van der Waals surface area contributed by atoms with E-state index in [9.17, 15) is 13.2 Å². The van der Waals surface area contributed by atoms with Crippen LogP contribution in [-0.4, -0.2) is 32.3 Å². The van der Waals surface area contributed by atoms with Gasteiger partial charge in [0, 0.05) is 25.0 Å². The molecule has 0 unspecified atom stereocenters. The van der Waals surface area contributed by atoms with E-state index < -0.39 is 10.0 Å². The summed E-state index contributed by atoms with van der Waals surface area (Å²) in [7, 11) is -3.60. The van der Waals surface area contributed by atoms with Crippen molar-refractivity contribution in [3.63, 3.8) is 0 Å². The standard InChI is InChI=1S/C17H20N2O3S2/c20-17(19-9-5-2-6-10-19)15-11-16(23-13-15)24(21,22)18-12-14-7-3-1-4-8-14/h1,3-4,7-8,11,13,18H,2,5-6,9-10,12H2. The van der Waals surface area contributed by atoms with Gasteiger partial charge in [-0.25, -0.2) is 13.1 Å². The third-order valence-corrected chi connectivity index (χ3v) is 6.88. The molecule has 128 valence electrons. The number of hydrogen-bond acceptors (Lipinski definition) is 4. The van der Waals surface area contributed by atoms with Crippen LogP contribution in [0.1, 0.15) is 35.2 Å². The van der Waals surface area contributed by atoms with E-state index in [1.807, 2.05) is 30.3 Å². The van der Waals surface area contributed by atoms with Crippen molar-refractivity contribution < 1.29 is 13.2 Å². The molecule has 1 N–H and O–H groups in total. The van der Waals surface area contributed by atoms with Crippen LogP contribution >= 0.6 is 11.3 Å². The fraction of sp³-hybridized carbons (Fsp3) is 0.353. The molecule has 0 bridgehead atoms. The zero-order valence-electron chi connectivity index (χ0n) is 13.3. The van der Waals surface area contributed by atoms with Gasteiger partial charge in [-0.05, 0) is 30.9 Å². The number of amides is 1. The molecule has 1 amide bonds. The zero-order valence-corrected chi connectivity index (χ0v) is 14.9. The van der Waals surface area contributed by atoms with E-state index >= 15 is 0 Å². The second-order valence-corrected chi connectivity index (χ2v) is 8.72. The molecule has 1 saturated heterocycles. The van der Waals surface area contributed by atoms with Crippen molar-refractivity contribution in [2.75, 3.05) is 13.1 Å². The molecule has 7 heteroatoms. The Bertz CT molecular complexity index is 794. The van der Waals surface area contributed by atoms with Gasteiger partial charge in [0.25, 0.3) is 5.91 Å². The summed E-state index contributed by atoms with van der Waals surface area (Å²) >= 11 is 1.09. The molecule has 0 saturated carbocycles. The van der Waals surface area contributed by atoms with Crippen LogP contribution in [-0.2, 0) is 16.6 Å². The van der Waals surface area contributed by atoms with E-state index in [-0.39, 0.29) is 16.7 Å². The van der Waals surface area contributed by atoms with Gasteiger partial charge in [-0.15, -0.1) is 11.3 Å². The molecule has 5 nitrogen and oxygen atoms in total. The molecule has 0 aliphatic carbocycles. The van der Waals surface area contributed by atoms with Gasteiger partial charge in [-0.3, -0.25) is 4.79 Å². The van der Waals surface area contributed by atoms with Gasteiger partial charge in [0.2, 0.25) is 10.0 Å². The smallest absolute Gasteiger partial charge is 0.254 e. The van der Waals surface area contributed by atoms with Gasteiger partial charge in [-0.2, -0.15) is 0 Å². The Balaban J connectivity index is 1.68. The molecular weight excluding hydrogens is 344 g/mol. The van der Waals surface area contributed by atoms with Crippen molar-refractivity contribution in [2.24, 2.45) is 0 Å². The molecule has 2 heterocycles. The Labute approximate surface area is 146 Å². The van der Waals surface area contributed by atoms with Gasteiger partial charge in [0.15, 0.2) is 0 Å². The molecular formula is C17H20N2O3S2. The summed E-state index contributed by atoms with van der Waals surface area (Å²) in [6.45, 7) is 1.74. The van der Waals surface area contributed by atoms with Crippen LogP contribution in [0.2, 0.25) is 0 Å². The lowest BCUT2D eigenvalue weighted by atomic mass is 10.1. The number of rotatable bonds is 5. The minimum Gasteiger partial charge on any atom is -0.339 e. The number of nitrogens with one attached hydrogen (secondary N) is 1. The van der Waals surface area contributed by atoms with E-state index in [1.165, 1.54) is 6.07 Å². The summed E-state index contributed by atoms with van der Waals surface area (Å²) < 4.78 is 27.5. The average molecular weight is 364 g/mol. The first kappa shape index (κ1) is 17.1. The fourth-order valence-corrected chi connectivity index (χ4v) is 4.91. The predicted octanol–water partition coefficient (Wildman–Crippen LogP) is 2.85. The van der Waals surface area contributed by atoms with E-state index in [0.29, 0.717) is 5.56 Å². The maximum absolute atomic E-state index is 12.4. The number of carbonyl (C=O) groups is 1. The summed E-state index contributed by atoms with van der Waals surface area (Å²) in [6.07, 6.45) is 3.18. The minimum atomic E-state index is -3.60. The second kappa shape index (κ2) is 7.46. The third kappa shape index (κ3) is 4.03. The van der Waals surface area contributed by atoms with Gasteiger partial charge < -0.3 is 4.90 Å². The maximum atomic E-state index is 12.4. The fourth-order valence-electron chi connectivity index (χ4n) is 2.69. The van der Waals surface area contributed by atoms with Crippen LogP contribution in [0.5, 0.6) is 0 Å². The Morgan fingerprint density at radius 2 is 1.83 bits per heavy atom. The maximum Gasteiger partial charge on any atom is 0.254 e. The Morgan fingerprint density at radius 1 is 1.12 bits per heavy atom. The number of hydrogen-bond donors (Lipinski definition) is 1. The summed E-state index contributed by atoms with van der Waals surface area (Å²) in [5.74, 6) is -0.0736. The largest absolute Gasteiger partial charge is 0.339 e. The first-order valence-corrected chi connectivity index (χ1v) is 10.3. The van der Waals surface area contributed by atoms with E-state index in [4.69, 9.17) is 0 Å². The van der Waals surface area contributed by atoms with Crippen LogP contribution in [0.25, 0.3) is 0 Å². The molecule has 1 fully saturated rings. The highest BCUT2D eigenvalue weighted by atomic mass is 32.2. The number of carbonyl (C=O) groups excluding carboxylic acids is 1. The highest BCUT2D eigenvalue weighted by Gasteiger charge is 2.23. The Kier molecular flexibility index (Phi) is 5.33. The van der Waals surface area contributed by atoms with Crippen LogP contribution in [0.4, 0.5) is 0 Å². The normalized spacial score (nSPS) is 15.4. The number of sulfonamides is 1. The molecule has 24 heavy (non-hydrogen) atoms. The molecule has 3 rings (SSSR count). The molecule has 0 radical (unpaired) electrons. The van der Waals surface area contributed by atoms with Crippen LogP contribution in [0.15, 0.2) is 46.0 Å². The van der Waals surface area contributed by atoms with Gasteiger partial charge in [0.1, 0.15) is 4.21 Å². The number of thiophene rings is 1. The number of benzene rings is 1. The van der Waals surface area contributed by atoms with E-state index in [1.54, 1.807) is 10.3 Å². The highest BCUT2D eigenvalue weighted by Crippen LogP contribution is 2.23. The monoisotopic (exact) mass is 364 g/mol. The van der Waals surface area contributed by atoms with Crippen molar-refractivity contribution in [2.45, 2.75) is 30.0 Å². The SMILES string of the molecule is O=C(c1csc(S(=O)(=O)NCc2ccccc2)c1)N1CCCCC1. The van der Waals surface area contributed by atoms with Crippen molar-refractivity contribution in [1.29, 1.82) is 0 Å². The van der Waals surface area contributed by atoms with Gasteiger partial charge in [0.05, 0.1) is 5.56 Å². The zero-order chi connectivity index (χ0) is 17.0. The first-order chi connectivity index (χ1) is 11.6. The number of likely N-dealkylation sites (tertiary alicyclic amines) is 1. The van der Waals surface area contributed by atoms with Crippen LogP contribution < -0.4 is 4.72 Å². The second-order valence-electron chi connectivity index (χ2n) is 5.82. The lowest BCUT2D eigenvalue weighted by Gasteiger charge is -2.26. The molecule has 1 aromatic heterocycles. The molecule has 1 aliphatic rings. The van der Waals surface area contributed by atoms with Crippen LogP contribution in [0, 0.1) is 0 Å². The third-order valence-electron chi connectivity index (χ3n) is 4.04. The molecule has 0 spiro atoms. The van der Waals surface area contributed by atoms with Crippen LogP contribution in [0.3, 0.4) is 0 Å². The predicted molar refractivity (Wildman–Crippen MR) is 94.5 cm³/mol. The molecule has 0 atom stereocenters. The lowest BCUT2D eigenvalue weighted by molar-refractivity contribution is 0.0725. The molecule has 1 aliphatic heterocycles. The summed E-state index contributed by atoms with van der Waals surface area (Å²) in [6, 6.07) is 10.8. The lowest BCUT2D eigenvalue weighted by Crippen LogP contribution is -2.35. The van der Waals surface area contributed by atoms with Crippen molar-refractivity contribution in [1.82, 2.24) is 9.62 Å². The van der Waals surface area contributed by atoms with Gasteiger partial charge >= 0.3 is 0 Å².